The average molecular weight is 349 g/mol. The maximum Gasteiger partial charge on any atom is 0.311 e. The number of rotatable bonds is 6. The summed E-state index contributed by atoms with van der Waals surface area (Å²) in [5.41, 5.74) is -1.01. The van der Waals surface area contributed by atoms with Gasteiger partial charge in [0.15, 0.2) is 6.61 Å². The van der Waals surface area contributed by atoms with Gasteiger partial charge < -0.3 is 15.0 Å². The molecule has 1 saturated heterocycles. The van der Waals surface area contributed by atoms with Crippen molar-refractivity contribution in [3.05, 3.63) is 0 Å². The lowest BCUT2D eigenvalue weighted by molar-refractivity contribution is -0.152. The predicted molar refractivity (Wildman–Crippen MR) is 90.0 cm³/mol. The Bertz CT molecular complexity index is 577. The number of hydrogen-bond donors (Lipinski definition) is 1. The molecule has 0 aromatic heterocycles. The van der Waals surface area contributed by atoms with E-state index in [1.807, 2.05) is 13.8 Å². The molecule has 0 unspecified atom stereocenters. The molecular formula is C18H27N3O4. The zero-order chi connectivity index (χ0) is 18.6. The van der Waals surface area contributed by atoms with E-state index in [2.05, 4.69) is 11.4 Å². The minimum absolute atomic E-state index is 0.00448. The van der Waals surface area contributed by atoms with Gasteiger partial charge in [0.25, 0.3) is 5.91 Å². The lowest BCUT2D eigenvalue weighted by atomic mass is 9.90. The largest absolute Gasteiger partial charge is 0.455 e. The smallest absolute Gasteiger partial charge is 0.311 e. The van der Waals surface area contributed by atoms with Crippen LogP contribution in [-0.4, -0.2) is 47.4 Å². The van der Waals surface area contributed by atoms with Crippen LogP contribution in [0.1, 0.15) is 52.9 Å². The number of carbonyl (C=O) groups excluding carboxylic acids is 3. The summed E-state index contributed by atoms with van der Waals surface area (Å²) in [7, 11) is 0. The Balaban J connectivity index is 1.81. The Hall–Kier alpha value is -2.10. The molecule has 0 bridgehead atoms. The zero-order valence-electron chi connectivity index (χ0n) is 15.2. The number of amides is 2. The quantitative estimate of drug-likeness (QED) is 0.730. The van der Waals surface area contributed by atoms with Gasteiger partial charge in [0.1, 0.15) is 5.54 Å². The summed E-state index contributed by atoms with van der Waals surface area (Å²) in [5.74, 6) is -1.62. The number of ether oxygens (including phenoxy) is 1. The second-order valence-corrected chi connectivity index (χ2v) is 7.51. The van der Waals surface area contributed by atoms with Crippen LogP contribution in [0.2, 0.25) is 0 Å². The van der Waals surface area contributed by atoms with Crippen LogP contribution in [0.25, 0.3) is 0 Å². The molecule has 1 heterocycles. The number of nitriles is 1. The molecule has 0 radical (unpaired) electrons. The Morgan fingerprint density at radius 3 is 2.60 bits per heavy atom. The van der Waals surface area contributed by atoms with Gasteiger partial charge in [0.05, 0.1) is 12.0 Å². The molecule has 7 heteroatoms. The third kappa shape index (κ3) is 4.50. The van der Waals surface area contributed by atoms with E-state index in [4.69, 9.17) is 4.74 Å². The summed E-state index contributed by atoms with van der Waals surface area (Å²) in [6, 6.07) is 2.32. The normalized spacial score (nSPS) is 23.4. The third-order valence-electron chi connectivity index (χ3n) is 5.39. The number of carbonyl (C=O) groups is 3. The van der Waals surface area contributed by atoms with Crippen molar-refractivity contribution in [2.75, 3.05) is 13.2 Å². The van der Waals surface area contributed by atoms with Crippen LogP contribution in [0.15, 0.2) is 0 Å². The molecule has 0 aromatic rings. The number of hydrogen-bond acceptors (Lipinski definition) is 5. The van der Waals surface area contributed by atoms with E-state index in [1.54, 1.807) is 11.8 Å². The van der Waals surface area contributed by atoms with Crippen LogP contribution < -0.4 is 5.32 Å². The van der Waals surface area contributed by atoms with Crippen LogP contribution in [0, 0.1) is 23.2 Å². The SMILES string of the molecule is CC(C)[C@@](C)(C#N)NC(=O)COC(=O)[C@@H]1CC(=O)N(C2CCCC2)C1. The van der Waals surface area contributed by atoms with Gasteiger partial charge in [-0.1, -0.05) is 26.7 Å². The average Bonchev–Trinajstić information content (AvgIpc) is 3.21. The first-order valence-corrected chi connectivity index (χ1v) is 8.95. The maximum atomic E-state index is 12.2. The van der Waals surface area contributed by atoms with Crippen LogP contribution >= 0.6 is 0 Å². The topological polar surface area (TPSA) is 99.5 Å². The van der Waals surface area contributed by atoms with E-state index in [0.29, 0.717) is 6.54 Å². The second-order valence-electron chi connectivity index (χ2n) is 7.51. The highest BCUT2D eigenvalue weighted by atomic mass is 16.5. The van der Waals surface area contributed by atoms with Crippen LogP contribution in [0.3, 0.4) is 0 Å². The van der Waals surface area contributed by atoms with E-state index in [-0.39, 0.29) is 24.3 Å². The zero-order valence-corrected chi connectivity index (χ0v) is 15.2. The first-order valence-electron chi connectivity index (χ1n) is 8.95. The van der Waals surface area contributed by atoms with Gasteiger partial charge in [-0.25, -0.2) is 0 Å². The predicted octanol–water partition coefficient (Wildman–Crippen LogP) is 1.38. The van der Waals surface area contributed by atoms with Crippen molar-refractivity contribution in [1.29, 1.82) is 5.26 Å². The molecule has 2 atom stereocenters. The molecule has 2 aliphatic rings. The van der Waals surface area contributed by atoms with Gasteiger partial charge >= 0.3 is 5.97 Å². The number of esters is 1. The molecule has 2 fully saturated rings. The highest BCUT2D eigenvalue weighted by molar-refractivity contribution is 5.88. The van der Waals surface area contributed by atoms with Crippen LogP contribution in [0.4, 0.5) is 0 Å². The summed E-state index contributed by atoms with van der Waals surface area (Å²) in [6.07, 6.45) is 4.39. The second kappa shape index (κ2) is 7.85. The van der Waals surface area contributed by atoms with Crippen molar-refractivity contribution in [2.24, 2.45) is 11.8 Å². The monoisotopic (exact) mass is 349 g/mol. The lowest BCUT2D eigenvalue weighted by Crippen LogP contribution is -2.50. The fourth-order valence-electron chi connectivity index (χ4n) is 3.34. The fourth-order valence-corrected chi connectivity index (χ4v) is 3.34. The van der Waals surface area contributed by atoms with Gasteiger partial charge in [-0.2, -0.15) is 5.26 Å². The van der Waals surface area contributed by atoms with Crippen molar-refractivity contribution in [2.45, 2.75) is 64.5 Å². The summed E-state index contributed by atoms with van der Waals surface area (Å²) < 4.78 is 5.08. The highest BCUT2D eigenvalue weighted by Gasteiger charge is 2.39. The Morgan fingerprint density at radius 1 is 1.40 bits per heavy atom. The van der Waals surface area contributed by atoms with Crippen LogP contribution in [-0.2, 0) is 19.1 Å². The molecule has 25 heavy (non-hydrogen) atoms. The molecule has 0 aromatic carbocycles. The van der Waals surface area contributed by atoms with Gasteiger partial charge in [0, 0.05) is 19.0 Å². The van der Waals surface area contributed by atoms with Crippen molar-refractivity contribution in [1.82, 2.24) is 10.2 Å². The number of nitrogens with one attached hydrogen (secondary N) is 1. The lowest BCUT2D eigenvalue weighted by Gasteiger charge is -2.27. The van der Waals surface area contributed by atoms with E-state index in [0.717, 1.165) is 25.7 Å². The van der Waals surface area contributed by atoms with Gasteiger partial charge in [-0.15, -0.1) is 0 Å². The third-order valence-corrected chi connectivity index (χ3v) is 5.39. The van der Waals surface area contributed by atoms with Crippen LogP contribution in [0.5, 0.6) is 0 Å². The molecular weight excluding hydrogens is 322 g/mol. The first-order chi connectivity index (χ1) is 11.8. The Labute approximate surface area is 148 Å². The summed E-state index contributed by atoms with van der Waals surface area (Å²) >= 11 is 0. The molecule has 0 spiro atoms. The van der Waals surface area contributed by atoms with Crippen molar-refractivity contribution >= 4 is 17.8 Å². The van der Waals surface area contributed by atoms with Crippen molar-refractivity contribution < 1.29 is 19.1 Å². The summed E-state index contributed by atoms with van der Waals surface area (Å²) in [6.45, 7) is 5.24. The standard InChI is InChI=1S/C18H27N3O4/c1-12(2)18(3,11-19)20-15(22)10-25-17(24)13-8-16(23)21(9-13)14-6-4-5-7-14/h12-14H,4-10H2,1-3H3,(H,20,22)/t13-,18-/m1/s1. The van der Waals surface area contributed by atoms with Gasteiger partial charge in [-0.05, 0) is 25.7 Å². The van der Waals surface area contributed by atoms with E-state index < -0.39 is 29.9 Å². The molecule has 7 nitrogen and oxygen atoms in total. The van der Waals surface area contributed by atoms with Crippen molar-refractivity contribution in [3.63, 3.8) is 0 Å². The van der Waals surface area contributed by atoms with E-state index in [9.17, 15) is 19.6 Å². The first kappa shape index (κ1) is 19.2. The minimum Gasteiger partial charge on any atom is -0.455 e. The molecule has 2 amide bonds. The molecule has 1 aliphatic heterocycles. The molecule has 1 N–H and O–H groups in total. The molecule has 2 rings (SSSR count). The fraction of sp³-hybridized carbons (Fsp3) is 0.778. The highest BCUT2D eigenvalue weighted by Crippen LogP contribution is 2.29. The number of nitrogens with zero attached hydrogens (tertiary/aromatic N) is 2. The Morgan fingerprint density at radius 2 is 2.04 bits per heavy atom. The van der Waals surface area contributed by atoms with Crippen molar-refractivity contribution in [3.8, 4) is 6.07 Å². The maximum absolute atomic E-state index is 12.2. The molecule has 1 aliphatic carbocycles. The van der Waals surface area contributed by atoms with E-state index >= 15 is 0 Å². The number of likely N-dealkylation sites (tertiary alicyclic amines) is 1. The molecule has 138 valence electrons. The minimum atomic E-state index is -1.01. The summed E-state index contributed by atoms with van der Waals surface area (Å²) in [4.78, 5) is 38.1. The summed E-state index contributed by atoms with van der Waals surface area (Å²) in [5, 5.41) is 11.8. The molecule has 1 saturated carbocycles. The Kier molecular flexibility index (Phi) is 6.04. The van der Waals surface area contributed by atoms with E-state index in [1.165, 1.54) is 0 Å². The van der Waals surface area contributed by atoms with Gasteiger partial charge in [0.2, 0.25) is 5.91 Å². The van der Waals surface area contributed by atoms with Gasteiger partial charge in [-0.3, -0.25) is 14.4 Å².